The third-order valence-electron chi connectivity index (χ3n) is 1.50. The van der Waals surface area contributed by atoms with Crippen molar-refractivity contribution in [1.82, 2.24) is 0 Å². The number of benzene rings is 1. The molecule has 0 aromatic heterocycles. The average Bonchev–Trinajstić information content (AvgIpc) is 2.15. The normalized spacial score (nSPS) is 10.2. The molecule has 1 rings (SSSR count). The number of ether oxygens (including phenoxy) is 1. The van der Waals surface area contributed by atoms with E-state index in [1.165, 1.54) is 18.4 Å². The lowest BCUT2D eigenvalue weighted by atomic mass is 10.2. The monoisotopic (exact) mass is 179 g/mol. The van der Waals surface area contributed by atoms with E-state index in [1.807, 2.05) is 0 Å². The van der Waals surface area contributed by atoms with Gasteiger partial charge >= 0.3 is 0 Å². The Balaban J connectivity index is 2.81. The van der Waals surface area contributed by atoms with Gasteiger partial charge < -0.3 is 4.74 Å². The molecule has 0 saturated carbocycles. The van der Waals surface area contributed by atoms with Crippen LogP contribution in [0.1, 0.15) is 5.56 Å². The Labute approximate surface area is 75.6 Å². The summed E-state index contributed by atoms with van der Waals surface area (Å²) in [5, 5.41) is 10.3. The van der Waals surface area contributed by atoms with Crippen LogP contribution >= 0.6 is 0 Å². The third kappa shape index (κ3) is 2.59. The first-order valence-corrected chi connectivity index (χ1v) is 3.68. The molecular weight excluding hydrogens is 170 g/mol. The Morgan fingerprint density at radius 3 is 2.46 bits per heavy atom. The minimum Gasteiger partial charge on any atom is -0.504 e. The smallest absolute Gasteiger partial charge is 0.269 e. The molecule has 0 bridgehead atoms. The highest BCUT2D eigenvalue weighted by molar-refractivity contribution is 5.50. The molecule has 0 unspecified atom stereocenters. The van der Waals surface area contributed by atoms with Crippen LogP contribution in [0.4, 0.5) is 5.69 Å². The summed E-state index contributed by atoms with van der Waals surface area (Å²) in [7, 11) is 1.54. The van der Waals surface area contributed by atoms with E-state index < -0.39 is 4.92 Å². The molecule has 0 aliphatic heterocycles. The van der Waals surface area contributed by atoms with E-state index in [0.29, 0.717) is 0 Å². The predicted octanol–water partition coefficient (Wildman–Crippen LogP) is 2.21. The van der Waals surface area contributed by atoms with Gasteiger partial charge in [-0.2, -0.15) is 0 Å². The van der Waals surface area contributed by atoms with Crippen molar-refractivity contribution in [2.45, 2.75) is 0 Å². The van der Waals surface area contributed by atoms with Gasteiger partial charge in [-0.1, -0.05) is 0 Å². The highest BCUT2D eigenvalue weighted by Crippen LogP contribution is 2.12. The van der Waals surface area contributed by atoms with E-state index in [-0.39, 0.29) is 5.69 Å². The SMILES string of the molecule is COC=Cc1ccc([N+](=O)[O-])cc1. The molecular formula is C9H9NO3. The molecule has 0 atom stereocenters. The quantitative estimate of drug-likeness (QED) is 0.406. The van der Waals surface area contributed by atoms with Gasteiger partial charge in [-0.15, -0.1) is 0 Å². The summed E-state index contributed by atoms with van der Waals surface area (Å²) in [6.07, 6.45) is 3.24. The van der Waals surface area contributed by atoms with E-state index in [9.17, 15) is 10.1 Å². The van der Waals surface area contributed by atoms with Crippen molar-refractivity contribution < 1.29 is 9.66 Å². The van der Waals surface area contributed by atoms with Gasteiger partial charge in [-0.3, -0.25) is 10.1 Å². The van der Waals surface area contributed by atoms with Crippen LogP contribution in [0.3, 0.4) is 0 Å². The highest BCUT2D eigenvalue weighted by Gasteiger charge is 2.01. The van der Waals surface area contributed by atoms with E-state index in [4.69, 9.17) is 4.74 Å². The van der Waals surface area contributed by atoms with Gasteiger partial charge in [-0.25, -0.2) is 0 Å². The summed E-state index contributed by atoms with van der Waals surface area (Å²) in [5.74, 6) is 0. The zero-order chi connectivity index (χ0) is 9.68. The maximum Gasteiger partial charge on any atom is 0.269 e. The number of hydrogen-bond donors (Lipinski definition) is 0. The maximum atomic E-state index is 10.3. The average molecular weight is 179 g/mol. The van der Waals surface area contributed by atoms with Crippen LogP contribution in [0.25, 0.3) is 6.08 Å². The molecule has 0 fully saturated rings. The van der Waals surface area contributed by atoms with Crippen LogP contribution < -0.4 is 0 Å². The summed E-state index contributed by atoms with van der Waals surface area (Å²) in [6, 6.07) is 6.23. The summed E-state index contributed by atoms with van der Waals surface area (Å²) < 4.78 is 4.71. The van der Waals surface area contributed by atoms with E-state index in [2.05, 4.69) is 0 Å². The minimum atomic E-state index is -0.427. The zero-order valence-corrected chi connectivity index (χ0v) is 7.14. The van der Waals surface area contributed by atoms with E-state index >= 15 is 0 Å². The van der Waals surface area contributed by atoms with Gasteiger partial charge in [-0.05, 0) is 23.8 Å². The first kappa shape index (κ1) is 9.25. The molecule has 1 aromatic carbocycles. The fourth-order valence-electron chi connectivity index (χ4n) is 0.854. The van der Waals surface area contributed by atoms with Gasteiger partial charge in [0, 0.05) is 12.1 Å². The Morgan fingerprint density at radius 2 is 2.00 bits per heavy atom. The molecule has 0 aliphatic rings. The predicted molar refractivity (Wildman–Crippen MR) is 49.1 cm³/mol. The van der Waals surface area contributed by atoms with Crippen LogP contribution in [0.15, 0.2) is 30.5 Å². The van der Waals surface area contributed by atoms with Gasteiger partial charge in [0.2, 0.25) is 0 Å². The second kappa shape index (κ2) is 4.25. The van der Waals surface area contributed by atoms with Crippen molar-refractivity contribution >= 4 is 11.8 Å². The Morgan fingerprint density at radius 1 is 1.38 bits per heavy atom. The van der Waals surface area contributed by atoms with Gasteiger partial charge in [0.15, 0.2) is 0 Å². The lowest BCUT2D eigenvalue weighted by Crippen LogP contribution is -1.86. The summed E-state index contributed by atoms with van der Waals surface area (Å²) >= 11 is 0. The van der Waals surface area contributed by atoms with Crippen LogP contribution in [0.2, 0.25) is 0 Å². The number of methoxy groups -OCH3 is 1. The Hall–Kier alpha value is -1.84. The lowest BCUT2D eigenvalue weighted by molar-refractivity contribution is -0.384. The lowest BCUT2D eigenvalue weighted by Gasteiger charge is -1.93. The first-order valence-electron chi connectivity index (χ1n) is 3.68. The number of rotatable bonds is 3. The van der Waals surface area contributed by atoms with Crippen molar-refractivity contribution in [3.63, 3.8) is 0 Å². The number of nitro benzene ring substituents is 1. The Kier molecular flexibility index (Phi) is 3.03. The van der Waals surface area contributed by atoms with Crippen LogP contribution in [-0.4, -0.2) is 12.0 Å². The van der Waals surface area contributed by atoms with Gasteiger partial charge in [0.05, 0.1) is 18.3 Å². The summed E-state index contributed by atoms with van der Waals surface area (Å²) in [5.41, 5.74) is 0.960. The molecule has 0 radical (unpaired) electrons. The Bertz CT molecular complexity index is 316. The maximum absolute atomic E-state index is 10.3. The fourth-order valence-corrected chi connectivity index (χ4v) is 0.854. The molecule has 1 aromatic rings. The fraction of sp³-hybridized carbons (Fsp3) is 0.111. The molecule has 0 spiro atoms. The molecule has 13 heavy (non-hydrogen) atoms. The molecule has 0 aliphatic carbocycles. The molecule has 0 amide bonds. The topological polar surface area (TPSA) is 52.4 Å². The van der Waals surface area contributed by atoms with Crippen molar-refractivity contribution in [2.75, 3.05) is 7.11 Å². The second-order valence-electron chi connectivity index (χ2n) is 2.39. The van der Waals surface area contributed by atoms with Crippen molar-refractivity contribution in [1.29, 1.82) is 0 Å². The number of nitro groups is 1. The molecule has 68 valence electrons. The van der Waals surface area contributed by atoms with E-state index in [1.54, 1.807) is 25.3 Å². The minimum absolute atomic E-state index is 0.0922. The molecule has 0 heterocycles. The third-order valence-corrected chi connectivity index (χ3v) is 1.50. The standard InChI is InChI=1S/C9H9NO3/c1-13-7-6-8-2-4-9(5-3-8)10(11)12/h2-7H,1H3. The van der Waals surface area contributed by atoms with Crippen LogP contribution in [-0.2, 0) is 4.74 Å². The number of hydrogen-bond acceptors (Lipinski definition) is 3. The highest BCUT2D eigenvalue weighted by atomic mass is 16.6. The second-order valence-corrected chi connectivity index (χ2v) is 2.39. The summed E-state index contributed by atoms with van der Waals surface area (Å²) in [4.78, 5) is 9.86. The van der Waals surface area contributed by atoms with Gasteiger partial charge in [0.25, 0.3) is 5.69 Å². The first-order chi connectivity index (χ1) is 6.24. The summed E-state index contributed by atoms with van der Waals surface area (Å²) in [6.45, 7) is 0. The van der Waals surface area contributed by atoms with Crippen LogP contribution in [0, 0.1) is 10.1 Å². The van der Waals surface area contributed by atoms with Crippen molar-refractivity contribution in [2.24, 2.45) is 0 Å². The van der Waals surface area contributed by atoms with Crippen molar-refractivity contribution in [3.05, 3.63) is 46.2 Å². The molecule has 4 nitrogen and oxygen atoms in total. The molecule has 0 saturated heterocycles. The molecule has 0 N–H and O–H groups in total. The van der Waals surface area contributed by atoms with Gasteiger partial charge in [0.1, 0.15) is 0 Å². The van der Waals surface area contributed by atoms with Crippen molar-refractivity contribution in [3.8, 4) is 0 Å². The number of non-ortho nitro benzene ring substituents is 1. The van der Waals surface area contributed by atoms with Crippen LogP contribution in [0.5, 0.6) is 0 Å². The molecule has 4 heteroatoms. The van der Waals surface area contributed by atoms with E-state index in [0.717, 1.165) is 5.56 Å². The largest absolute Gasteiger partial charge is 0.504 e. The zero-order valence-electron chi connectivity index (χ0n) is 7.14. The number of nitrogens with zero attached hydrogens (tertiary/aromatic N) is 1.